The second-order valence-electron chi connectivity index (χ2n) is 11.8. The van der Waals surface area contributed by atoms with Gasteiger partial charge in [0.25, 0.3) is 10.0 Å². The first-order valence-corrected chi connectivity index (χ1v) is 15.4. The minimum absolute atomic E-state index is 0.0942. The van der Waals surface area contributed by atoms with Crippen molar-refractivity contribution in [3.63, 3.8) is 0 Å². The summed E-state index contributed by atoms with van der Waals surface area (Å²) in [5.74, 6) is -0.741. The number of carbonyl (C=O) groups is 2. The van der Waals surface area contributed by atoms with Crippen molar-refractivity contribution in [2.45, 2.75) is 84.8 Å². The number of sulfonamides is 1. The Morgan fingerprint density at radius 2 is 1.39 bits per heavy atom. The highest BCUT2D eigenvalue weighted by Gasteiger charge is 2.34. The van der Waals surface area contributed by atoms with Crippen molar-refractivity contribution in [1.82, 2.24) is 10.2 Å². The van der Waals surface area contributed by atoms with Crippen LogP contribution in [-0.4, -0.2) is 43.3 Å². The highest BCUT2D eigenvalue weighted by atomic mass is 32.2. The van der Waals surface area contributed by atoms with Crippen molar-refractivity contribution in [1.29, 1.82) is 0 Å². The van der Waals surface area contributed by atoms with E-state index in [4.69, 9.17) is 0 Å². The number of anilines is 1. The maximum Gasteiger partial charge on any atom is 0.264 e. The lowest BCUT2D eigenvalue weighted by molar-refractivity contribution is -0.141. The zero-order valence-electron chi connectivity index (χ0n) is 25.5. The minimum Gasteiger partial charge on any atom is -0.350 e. The van der Waals surface area contributed by atoms with Crippen LogP contribution in [0.2, 0.25) is 0 Å². The SMILES string of the molecule is CCC(C(=O)NC(C)(C)C)N(Cc1ccc(C)cc1)C(=O)CN(c1ccc(C)c(C)c1)S(=O)(=O)c1ccc(C)cc1. The van der Waals surface area contributed by atoms with E-state index >= 15 is 0 Å². The van der Waals surface area contributed by atoms with Crippen LogP contribution in [-0.2, 0) is 26.2 Å². The molecule has 0 saturated carbocycles. The van der Waals surface area contributed by atoms with Gasteiger partial charge in [-0.25, -0.2) is 8.42 Å². The van der Waals surface area contributed by atoms with Crippen molar-refractivity contribution in [3.05, 3.63) is 94.5 Å². The molecular formula is C33H43N3O4S. The summed E-state index contributed by atoms with van der Waals surface area (Å²) >= 11 is 0. The number of nitrogens with zero attached hydrogens (tertiary/aromatic N) is 2. The zero-order valence-corrected chi connectivity index (χ0v) is 26.3. The molecular weight excluding hydrogens is 534 g/mol. The second kappa shape index (κ2) is 12.9. The van der Waals surface area contributed by atoms with E-state index < -0.39 is 34.1 Å². The van der Waals surface area contributed by atoms with Crippen LogP contribution in [0.4, 0.5) is 5.69 Å². The Bertz CT molecular complexity index is 1470. The number of hydrogen-bond acceptors (Lipinski definition) is 4. The first-order valence-electron chi connectivity index (χ1n) is 14.0. The number of amides is 2. The molecule has 7 nitrogen and oxygen atoms in total. The molecule has 1 unspecified atom stereocenters. The van der Waals surface area contributed by atoms with Crippen LogP contribution in [0.25, 0.3) is 0 Å². The number of carbonyl (C=O) groups excluding carboxylic acids is 2. The molecule has 0 spiro atoms. The fourth-order valence-corrected chi connectivity index (χ4v) is 5.92. The predicted molar refractivity (Wildman–Crippen MR) is 165 cm³/mol. The highest BCUT2D eigenvalue weighted by molar-refractivity contribution is 7.92. The standard InChI is InChI=1S/C33H43N3O4S/c1-9-30(32(38)34-33(6,7)8)35(21-27-15-10-23(2)11-16-27)31(37)22-36(28-17-14-25(4)26(5)20-28)41(39,40)29-18-12-24(3)13-19-29/h10-20,30H,9,21-22H2,1-8H3,(H,34,38). The molecule has 0 heterocycles. The van der Waals surface area contributed by atoms with E-state index in [-0.39, 0.29) is 17.3 Å². The molecule has 1 N–H and O–H groups in total. The maximum absolute atomic E-state index is 14.2. The summed E-state index contributed by atoms with van der Waals surface area (Å²) in [5, 5.41) is 3.00. The largest absolute Gasteiger partial charge is 0.350 e. The van der Waals surface area contributed by atoms with Crippen molar-refractivity contribution < 1.29 is 18.0 Å². The summed E-state index contributed by atoms with van der Waals surface area (Å²) in [7, 11) is -4.10. The highest BCUT2D eigenvalue weighted by Crippen LogP contribution is 2.27. The van der Waals surface area contributed by atoms with Crippen LogP contribution in [0.3, 0.4) is 0 Å². The Labute approximate surface area is 245 Å². The molecule has 0 aliphatic heterocycles. The van der Waals surface area contributed by atoms with Gasteiger partial charge in [-0.1, -0.05) is 60.5 Å². The zero-order chi connectivity index (χ0) is 30.5. The molecule has 3 aromatic rings. The number of aryl methyl sites for hydroxylation is 4. The summed E-state index contributed by atoms with van der Waals surface area (Å²) in [6, 6.07) is 18.9. The van der Waals surface area contributed by atoms with Gasteiger partial charge >= 0.3 is 0 Å². The van der Waals surface area contributed by atoms with Gasteiger partial charge in [0.1, 0.15) is 12.6 Å². The Balaban J connectivity index is 2.09. The molecule has 3 aromatic carbocycles. The summed E-state index contributed by atoms with van der Waals surface area (Å²) in [4.78, 5) is 29.2. The van der Waals surface area contributed by atoms with Crippen LogP contribution in [0, 0.1) is 27.7 Å². The molecule has 0 radical (unpaired) electrons. The van der Waals surface area contributed by atoms with Crippen molar-refractivity contribution in [2.75, 3.05) is 10.8 Å². The molecule has 2 amide bonds. The monoisotopic (exact) mass is 577 g/mol. The van der Waals surface area contributed by atoms with Crippen LogP contribution >= 0.6 is 0 Å². The number of benzene rings is 3. The molecule has 220 valence electrons. The molecule has 3 rings (SSSR count). The number of hydrogen-bond donors (Lipinski definition) is 1. The van der Waals surface area contributed by atoms with E-state index in [1.807, 2.05) is 85.7 Å². The lowest BCUT2D eigenvalue weighted by atomic mass is 10.1. The third kappa shape index (κ3) is 8.19. The van der Waals surface area contributed by atoms with Crippen molar-refractivity contribution >= 4 is 27.5 Å². The van der Waals surface area contributed by atoms with E-state index in [0.29, 0.717) is 12.1 Å². The number of nitrogens with one attached hydrogen (secondary N) is 1. The quantitative estimate of drug-likeness (QED) is 0.328. The van der Waals surface area contributed by atoms with Gasteiger partial charge in [-0.3, -0.25) is 13.9 Å². The van der Waals surface area contributed by atoms with Gasteiger partial charge in [0.05, 0.1) is 10.6 Å². The van der Waals surface area contributed by atoms with Gasteiger partial charge in [-0.2, -0.15) is 0 Å². The van der Waals surface area contributed by atoms with E-state index in [1.54, 1.807) is 36.4 Å². The molecule has 0 fully saturated rings. The number of rotatable bonds is 10. The third-order valence-electron chi connectivity index (χ3n) is 7.02. The lowest BCUT2D eigenvalue weighted by Crippen LogP contribution is -2.55. The van der Waals surface area contributed by atoms with Gasteiger partial charge in [0.2, 0.25) is 11.8 Å². The fraction of sp³-hybridized carbons (Fsp3) is 0.394. The molecule has 0 aromatic heterocycles. The average molecular weight is 578 g/mol. The van der Waals surface area contributed by atoms with Gasteiger partial charge in [-0.15, -0.1) is 0 Å². The molecule has 1 atom stereocenters. The smallest absolute Gasteiger partial charge is 0.264 e. The topological polar surface area (TPSA) is 86.8 Å². The first kappa shape index (κ1) is 31.9. The van der Waals surface area contributed by atoms with E-state index in [2.05, 4.69) is 5.32 Å². The molecule has 0 saturated heterocycles. The molecule has 8 heteroatoms. The normalized spacial score (nSPS) is 12.5. The average Bonchev–Trinajstić information content (AvgIpc) is 2.89. The van der Waals surface area contributed by atoms with E-state index in [9.17, 15) is 18.0 Å². The summed E-state index contributed by atoms with van der Waals surface area (Å²) < 4.78 is 29.2. The van der Waals surface area contributed by atoms with Crippen molar-refractivity contribution in [3.8, 4) is 0 Å². The molecule has 0 aliphatic rings. The van der Waals surface area contributed by atoms with Gasteiger partial charge in [0, 0.05) is 12.1 Å². The molecule has 0 bridgehead atoms. The van der Waals surface area contributed by atoms with E-state index in [0.717, 1.165) is 32.1 Å². The Morgan fingerprint density at radius 3 is 1.90 bits per heavy atom. The van der Waals surface area contributed by atoms with Crippen molar-refractivity contribution in [2.24, 2.45) is 0 Å². The fourth-order valence-electron chi connectivity index (χ4n) is 4.51. The van der Waals surface area contributed by atoms with Gasteiger partial charge in [0.15, 0.2) is 0 Å². The lowest BCUT2D eigenvalue weighted by Gasteiger charge is -2.35. The first-order chi connectivity index (χ1) is 19.1. The maximum atomic E-state index is 14.2. The summed E-state index contributed by atoms with van der Waals surface area (Å²) in [6.45, 7) is 15.0. The van der Waals surface area contributed by atoms with Crippen LogP contribution in [0.15, 0.2) is 71.6 Å². The Hall–Kier alpha value is -3.65. The third-order valence-corrected chi connectivity index (χ3v) is 8.81. The second-order valence-corrected chi connectivity index (χ2v) is 13.6. The van der Waals surface area contributed by atoms with Crippen LogP contribution < -0.4 is 9.62 Å². The van der Waals surface area contributed by atoms with Crippen LogP contribution in [0.5, 0.6) is 0 Å². The van der Waals surface area contributed by atoms with E-state index in [1.165, 1.54) is 4.90 Å². The van der Waals surface area contributed by atoms with Gasteiger partial charge < -0.3 is 10.2 Å². The summed E-state index contributed by atoms with van der Waals surface area (Å²) in [6.07, 6.45) is 0.369. The Morgan fingerprint density at radius 1 is 0.829 bits per heavy atom. The predicted octanol–water partition coefficient (Wildman–Crippen LogP) is 5.84. The molecule has 41 heavy (non-hydrogen) atoms. The van der Waals surface area contributed by atoms with Crippen LogP contribution in [0.1, 0.15) is 61.9 Å². The van der Waals surface area contributed by atoms with Gasteiger partial charge in [-0.05, 0) is 95.8 Å². The Kier molecular flexibility index (Phi) is 10.0. The minimum atomic E-state index is -4.10. The summed E-state index contributed by atoms with van der Waals surface area (Å²) in [5.41, 5.74) is 4.68. The molecule has 0 aliphatic carbocycles.